The third kappa shape index (κ3) is 4.76. The van der Waals surface area contributed by atoms with Gasteiger partial charge in [-0.3, -0.25) is 0 Å². The molecule has 0 saturated heterocycles. The van der Waals surface area contributed by atoms with Gasteiger partial charge in [0.05, 0.1) is 18.1 Å². The molecule has 3 nitrogen and oxygen atoms in total. The first kappa shape index (κ1) is 19.6. The van der Waals surface area contributed by atoms with Gasteiger partial charge < -0.3 is 8.99 Å². The molecule has 1 atom stereocenters. The predicted molar refractivity (Wildman–Crippen MR) is 115 cm³/mol. The summed E-state index contributed by atoms with van der Waals surface area (Å²) >= 11 is 0. The maximum atomic E-state index is 6.93. The molecule has 0 fully saturated rings. The Bertz CT molecular complexity index is 798. The van der Waals surface area contributed by atoms with Gasteiger partial charge in [0.1, 0.15) is 0 Å². The van der Waals surface area contributed by atoms with Gasteiger partial charge in [-0.15, -0.1) is 0 Å². The van der Waals surface area contributed by atoms with Crippen LogP contribution in [0.1, 0.15) is 52.5 Å². The molecule has 2 aromatic carbocycles. The first-order valence-electron chi connectivity index (χ1n) is 9.65. The molecule has 0 spiro atoms. The average molecular weight is 379 g/mol. The lowest BCUT2D eigenvalue weighted by atomic mass is 9.87. The van der Waals surface area contributed by atoms with Crippen molar-refractivity contribution in [3.8, 4) is 0 Å². The van der Waals surface area contributed by atoms with E-state index in [0.29, 0.717) is 6.04 Å². The van der Waals surface area contributed by atoms with Crippen LogP contribution in [0.4, 0.5) is 0 Å². The van der Waals surface area contributed by atoms with Gasteiger partial charge in [0.25, 0.3) is 0 Å². The van der Waals surface area contributed by atoms with Gasteiger partial charge in [-0.05, 0) is 29.6 Å². The SMILES string of the molecule is CC(C)n1cnc(C(O[SiH](c2ccccc2)c2ccccc2)C(C)(C)C)c1. The second-order valence-electron chi connectivity index (χ2n) is 8.42. The van der Waals surface area contributed by atoms with Crippen LogP contribution in [-0.4, -0.2) is 18.6 Å². The molecule has 27 heavy (non-hydrogen) atoms. The number of hydrogen-bond acceptors (Lipinski definition) is 2. The van der Waals surface area contributed by atoms with Crippen LogP contribution >= 0.6 is 0 Å². The molecule has 3 rings (SSSR count). The lowest BCUT2D eigenvalue weighted by Crippen LogP contribution is -2.47. The van der Waals surface area contributed by atoms with Gasteiger partial charge in [-0.25, -0.2) is 4.98 Å². The first-order valence-corrected chi connectivity index (χ1v) is 11.3. The molecule has 1 unspecified atom stereocenters. The number of nitrogens with zero attached hydrogens (tertiary/aromatic N) is 2. The average Bonchev–Trinajstić information content (AvgIpc) is 3.13. The largest absolute Gasteiger partial charge is 0.402 e. The van der Waals surface area contributed by atoms with Crippen LogP contribution in [0.2, 0.25) is 0 Å². The van der Waals surface area contributed by atoms with E-state index in [1.165, 1.54) is 10.4 Å². The molecule has 1 heterocycles. The van der Waals surface area contributed by atoms with Crippen molar-refractivity contribution >= 4 is 19.4 Å². The summed E-state index contributed by atoms with van der Waals surface area (Å²) in [5, 5.41) is 2.59. The summed E-state index contributed by atoms with van der Waals surface area (Å²) in [5.74, 6) is 0. The quantitative estimate of drug-likeness (QED) is 0.604. The zero-order valence-electron chi connectivity index (χ0n) is 17.0. The van der Waals surface area contributed by atoms with Crippen molar-refractivity contribution < 1.29 is 4.43 Å². The molecule has 0 aliphatic rings. The van der Waals surface area contributed by atoms with Gasteiger partial charge in [0.2, 0.25) is 9.04 Å². The van der Waals surface area contributed by atoms with Gasteiger partial charge in [-0.2, -0.15) is 0 Å². The second-order valence-corrected chi connectivity index (χ2v) is 10.8. The van der Waals surface area contributed by atoms with Gasteiger partial charge >= 0.3 is 0 Å². The smallest absolute Gasteiger partial charge is 0.240 e. The number of hydrogen-bond donors (Lipinski definition) is 0. The van der Waals surface area contributed by atoms with E-state index in [2.05, 4.69) is 106 Å². The summed E-state index contributed by atoms with van der Waals surface area (Å²) in [6, 6.07) is 21.7. The summed E-state index contributed by atoms with van der Waals surface area (Å²) in [5.41, 5.74) is 0.964. The van der Waals surface area contributed by atoms with E-state index in [9.17, 15) is 0 Å². The first-order chi connectivity index (χ1) is 12.9. The highest BCUT2D eigenvalue weighted by atomic mass is 28.3. The molecule has 142 valence electrons. The van der Waals surface area contributed by atoms with Crippen LogP contribution in [0.3, 0.4) is 0 Å². The van der Waals surface area contributed by atoms with E-state index in [4.69, 9.17) is 9.41 Å². The summed E-state index contributed by atoms with van der Waals surface area (Å²) in [6.45, 7) is 11.0. The molecule has 4 heteroatoms. The third-order valence-electron chi connectivity index (χ3n) is 4.75. The summed E-state index contributed by atoms with van der Waals surface area (Å²) < 4.78 is 9.08. The van der Waals surface area contributed by atoms with Crippen LogP contribution in [0.5, 0.6) is 0 Å². The normalized spacial score (nSPS) is 13.3. The Labute approximate surface area is 164 Å². The van der Waals surface area contributed by atoms with Crippen molar-refractivity contribution in [2.75, 3.05) is 0 Å². The number of rotatable bonds is 6. The third-order valence-corrected chi connectivity index (χ3v) is 7.27. The molecule has 0 bridgehead atoms. The predicted octanol–water partition coefficient (Wildman–Crippen LogP) is 4.11. The zero-order chi connectivity index (χ0) is 19.4. The Morgan fingerprint density at radius 1 is 0.889 bits per heavy atom. The molecule has 0 N–H and O–H groups in total. The number of imidazole rings is 1. The van der Waals surface area contributed by atoms with E-state index in [-0.39, 0.29) is 11.5 Å². The van der Waals surface area contributed by atoms with Crippen LogP contribution in [0.15, 0.2) is 73.2 Å². The van der Waals surface area contributed by atoms with Crippen molar-refractivity contribution in [1.29, 1.82) is 0 Å². The molecule has 0 saturated carbocycles. The van der Waals surface area contributed by atoms with E-state index >= 15 is 0 Å². The van der Waals surface area contributed by atoms with Gasteiger partial charge in [0, 0.05) is 12.2 Å². The molecule has 0 aliphatic carbocycles. The molecule has 3 aromatic rings. The maximum Gasteiger partial charge on any atom is 0.240 e. The molecule has 1 aromatic heterocycles. The summed E-state index contributed by atoms with van der Waals surface area (Å²) in [4.78, 5) is 4.70. The minimum atomic E-state index is -1.84. The molecule has 0 aliphatic heterocycles. The van der Waals surface area contributed by atoms with Crippen molar-refractivity contribution in [3.05, 3.63) is 78.9 Å². The minimum absolute atomic E-state index is 0.0506. The van der Waals surface area contributed by atoms with Gasteiger partial charge in [-0.1, -0.05) is 81.4 Å². The fourth-order valence-corrected chi connectivity index (χ4v) is 5.89. The lowest BCUT2D eigenvalue weighted by molar-refractivity contribution is 0.0860. The lowest BCUT2D eigenvalue weighted by Gasteiger charge is -2.33. The van der Waals surface area contributed by atoms with Crippen LogP contribution in [0.25, 0.3) is 0 Å². The molecule has 0 radical (unpaired) electrons. The Morgan fingerprint density at radius 2 is 1.41 bits per heavy atom. The van der Waals surface area contributed by atoms with Crippen molar-refractivity contribution in [2.24, 2.45) is 5.41 Å². The Balaban J connectivity index is 2.00. The van der Waals surface area contributed by atoms with Crippen molar-refractivity contribution in [2.45, 2.75) is 46.8 Å². The Hall–Kier alpha value is -2.17. The van der Waals surface area contributed by atoms with E-state index in [0.717, 1.165) is 5.69 Å². The maximum absolute atomic E-state index is 6.93. The minimum Gasteiger partial charge on any atom is -0.402 e. The molecular weight excluding hydrogens is 348 g/mol. The standard InChI is InChI=1S/C23H30N2OSi/c1-18(2)25-16-21(24-17-25)22(23(3,4)5)26-27(19-12-8-6-9-13-19)20-14-10-7-11-15-20/h6-18,22,27H,1-5H3. The summed E-state index contributed by atoms with van der Waals surface area (Å²) in [7, 11) is -1.84. The highest BCUT2D eigenvalue weighted by Gasteiger charge is 2.33. The highest BCUT2D eigenvalue weighted by molar-refractivity contribution is 6.80. The fraction of sp³-hybridized carbons (Fsp3) is 0.348. The van der Waals surface area contributed by atoms with Crippen LogP contribution in [0, 0.1) is 5.41 Å². The number of aromatic nitrogens is 2. The van der Waals surface area contributed by atoms with E-state index < -0.39 is 9.04 Å². The zero-order valence-corrected chi connectivity index (χ0v) is 18.1. The second kappa shape index (κ2) is 8.24. The fourth-order valence-electron chi connectivity index (χ4n) is 3.23. The highest BCUT2D eigenvalue weighted by Crippen LogP contribution is 2.36. The van der Waals surface area contributed by atoms with Crippen LogP contribution in [-0.2, 0) is 4.43 Å². The molecular formula is C23H30N2OSi. The topological polar surface area (TPSA) is 27.1 Å². The van der Waals surface area contributed by atoms with Crippen LogP contribution < -0.4 is 10.4 Å². The number of benzene rings is 2. The molecule has 0 amide bonds. The van der Waals surface area contributed by atoms with Crippen molar-refractivity contribution in [3.63, 3.8) is 0 Å². The Morgan fingerprint density at radius 3 is 1.81 bits per heavy atom. The van der Waals surface area contributed by atoms with Crippen molar-refractivity contribution in [1.82, 2.24) is 9.55 Å². The van der Waals surface area contributed by atoms with E-state index in [1.54, 1.807) is 0 Å². The van der Waals surface area contributed by atoms with E-state index in [1.807, 2.05) is 6.33 Å². The Kier molecular flexibility index (Phi) is 5.97. The monoisotopic (exact) mass is 378 g/mol. The van der Waals surface area contributed by atoms with Gasteiger partial charge in [0.15, 0.2) is 0 Å². The summed E-state index contributed by atoms with van der Waals surface area (Å²) in [6.07, 6.45) is 4.00.